The lowest BCUT2D eigenvalue weighted by Gasteiger charge is -2.31. The summed E-state index contributed by atoms with van der Waals surface area (Å²) in [7, 11) is 0. The molecule has 0 radical (unpaired) electrons. The summed E-state index contributed by atoms with van der Waals surface area (Å²) in [6.45, 7) is 5.94. The number of hydrogen-bond donors (Lipinski definition) is 1. The Labute approximate surface area is 154 Å². The van der Waals surface area contributed by atoms with Crippen LogP contribution in [0.15, 0.2) is 39.2 Å². The van der Waals surface area contributed by atoms with Crippen molar-refractivity contribution < 1.29 is 9.34 Å². The molecule has 8 heteroatoms. The molecule has 1 atom stereocenters. The van der Waals surface area contributed by atoms with Gasteiger partial charge in [0.2, 0.25) is 0 Å². The van der Waals surface area contributed by atoms with Crippen molar-refractivity contribution in [2.45, 2.75) is 19.5 Å². The van der Waals surface area contributed by atoms with E-state index in [-0.39, 0.29) is 18.1 Å². The fraction of sp³-hybridized carbons (Fsp3) is 0.375. The number of halogens is 2. The molecule has 2 heterocycles. The first-order valence-electron chi connectivity index (χ1n) is 7.51. The molecule has 1 fully saturated rings. The van der Waals surface area contributed by atoms with Gasteiger partial charge in [-0.05, 0) is 41.1 Å². The molecule has 0 saturated carbocycles. The molecular weight excluding hydrogens is 398 g/mol. The van der Waals surface area contributed by atoms with Gasteiger partial charge in [-0.3, -0.25) is 15.0 Å². The minimum absolute atomic E-state index is 0. The molecule has 1 aliphatic heterocycles. The second kappa shape index (κ2) is 8.11. The standard InChI is InChI=1S/C16H18BrN3O3.ClH/c1-11-9-19(7-6-18-11)10-13-3-5-16(23-13)14-4-2-12(20(21)22)8-15(14)17;/h2-5,8,11,18H,6-7,9-10H2,1H3;1H/t11-;/m0./s1. The second-order valence-corrected chi connectivity index (χ2v) is 6.63. The number of nitro groups is 1. The number of benzene rings is 1. The van der Waals surface area contributed by atoms with Crippen molar-refractivity contribution in [3.05, 3.63) is 50.7 Å². The van der Waals surface area contributed by atoms with Gasteiger partial charge in [-0.25, -0.2) is 0 Å². The van der Waals surface area contributed by atoms with Crippen molar-refractivity contribution in [1.29, 1.82) is 0 Å². The maximum atomic E-state index is 10.8. The first-order valence-corrected chi connectivity index (χ1v) is 8.31. The first kappa shape index (κ1) is 18.9. The van der Waals surface area contributed by atoms with E-state index in [1.165, 1.54) is 12.1 Å². The maximum Gasteiger partial charge on any atom is 0.270 e. The molecule has 1 aromatic heterocycles. The van der Waals surface area contributed by atoms with Crippen LogP contribution in [0.2, 0.25) is 0 Å². The Morgan fingerprint density at radius 2 is 2.21 bits per heavy atom. The van der Waals surface area contributed by atoms with Gasteiger partial charge in [0.25, 0.3) is 5.69 Å². The molecule has 2 aromatic rings. The van der Waals surface area contributed by atoms with Crippen LogP contribution in [-0.2, 0) is 6.54 Å². The normalized spacial score (nSPS) is 18.2. The minimum atomic E-state index is -0.409. The van der Waals surface area contributed by atoms with Crippen molar-refractivity contribution in [3.8, 4) is 11.3 Å². The quantitative estimate of drug-likeness (QED) is 0.606. The lowest BCUT2D eigenvalue weighted by molar-refractivity contribution is -0.384. The van der Waals surface area contributed by atoms with E-state index in [1.807, 2.05) is 12.1 Å². The van der Waals surface area contributed by atoms with Crippen LogP contribution in [0, 0.1) is 10.1 Å². The van der Waals surface area contributed by atoms with Crippen LogP contribution >= 0.6 is 28.3 Å². The van der Waals surface area contributed by atoms with Gasteiger partial charge in [0.05, 0.1) is 11.5 Å². The van der Waals surface area contributed by atoms with E-state index in [9.17, 15) is 10.1 Å². The van der Waals surface area contributed by atoms with E-state index >= 15 is 0 Å². The van der Waals surface area contributed by atoms with Gasteiger partial charge in [0.1, 0.15) is 11.5 Å². The number of non-ortho nitro benzene ring substituents is 1. The van der Waals surface area contributed by atoms with Crippen molar-refractivity contribution >= 4 is 34.0 Å². The highest BCUT2D eigenvalue weighted by atomic mass is 79.9. The minimum Gasteiger partial charge on any atom is -0.460 e. The van der Waals surface area contributed by atoms with E-state index in [0.717, 1.165) is 37.5 Å². The highest BCUT2D eigenvalue weighted by Gasteiger charge is 2.18. The second-order valence-electron chi connectivity index (χ2n) is 5.78. The predicted molar refractivity (Wildman–Crippen MR) is 98.5 cm³/mol. The Balaban J connectivity index is 0.00000208. The largest absolute Gasteiger partial charge is 0.460 e. The molecule has 1 aromatic carbocycles. The van der Waals surface area contributed by atoms with E-state index in [2.05, 4.69) is 33.1 Å². The lowest BCUT2D eigenvalue weighted by atomic mass is 10.1. The summed E-state index contributed by atoms with van der Waals surface area (Å²) in [5.41, 5.74) is 0.873. The summed E-state index contributed by atoms with van der Waals surface area (Å²) in [5, 5.41) is 14.2. The number of rotatable bonds is 4. The molecule has 0 bridgehead atoms. The Bertz CT molecular complexity index is 722. The Morgan fingerprint density at radius 3 is 2.88 bits per heavy atom. The number of nitro benzene ring substituents is 1. The molecule has 0 unspecified atom stereocenters. The number of piperazine rings is 1. The Kier molecular flexibility index (Phi) is 6.40. The summed E-state index contributed by atoms with van der Waals surface area (Å²) in [6.07, 6.45) is 0. The number of nitrogens with one attached hydrogen (secondary N) is 1. The third-order valence-corrected chi connectivity index (χ3v) is 4.58. The molecule has 6 nitrogen and oxygen atoms in total. The zero-order valence-corrected chi connectivity index (χ0v) is 15.6. The van der Waals surface area contributed by atoms with Crippen molar-refractivity contribution in [2.24, 2.45) is 0 Å². The van der Waals surface area contributed by atoms with Crippen LogP contribution in [0.1, 0.15) is 12.7 Å². The maximum absolute atomic E-state index is 10.8. The Hall–Kier alpha value is -1.41. The van der Waals surface area contributed by atoms with Crippen LogP contribution in [0.3, 0.4) is 0 Å². The fourth-order valence-corrected chi connectivity index (χ4v) is 3.36. The van der Waals surface area contributed by atoms with Gasteiger partial charge in [0, 0.05) is 47.8 Å². The van der Waals surface area contributed by atoms with Crippen LogP contribution < -0.4 is 5.32 Å². The van der Waals surface area contributed by atoms with E-state index in [4.69, 9.17) is 4.42 Å². The van der Waals surface area contributed by atoms with Crippen molar-refractivity contribution in [3.63, 3.8) is 0 Å². The zero-order chi connectivity index (χ0) is 16.4. The summed E-state index contributed by atoms with van der Waals surface area (Å²) in [4.78, 5) is 12.8. The van der Waals surface area contributed by atoms with E-state index < -0.39 is 4.92 Å². The van der Waals surface area contributed by atoms with Crippen LogP contribution in [0.4, 0.5) is 5.69 Å². The summed E-state index contributed by atoms with van der Waals surface area (Å²) < 4.78 is 6.58. The summed E-state index contributed by atoms with van der Waals surface area (Å²) in [6, 6.07) is 9.05. The van der Waals surface area contributed by atoms with Gasteiger partial charge in [-0.15, -0.1) is 12.4 Å². The molecule has 130 valence electrons. The van der Waals surface area contributed by atoms with Crippen LogP contribution in [-0.4, -0.2) is 35.5 Å². The van der Waals surface area contributed by atoms with Gasteiger partial charge < -0.3 is 9.73 Å². The molecular formula is C16H19BrClN3O3. The molecule has 1 aliphatic rings. The van der Waals surface area contributed by atoms with E-state index in [0.29, 0.717) is 16.3 Å². The Morgan fingerprint density at radius 1 is 1.42 bits per heavy atom. The van der Waals surface area contributed by atoms with Gasteiger partial charge >= 0.3 is 0 Å². The van der Waals surface area contributed by atoms with Crippen molar-refractivity contribution in [1.82, 2.24) is 10.2 Å². The van der Waals surface area contributed by atoms with Crippen LogP contribution in [0.25, 0.3) is 11.3 Å². The average molecular weight is 417 g/mol. The lowest BCUT2D eigenvalue weighted by Crippen LogP contribution is -2.48. The molecule has 1 saturated heterocycles. The summed E-state index contributed by atoms with van der Waals surface area (Å²) in [5.74, 6) is 1.62. The first-order chi connectivity index (χ1) is 11.0. The number of furan rings is 1. The van der Waals surface area contributed by atoms with E-state index in [1.54, 1.807) is 6.07 Å². The molecule has 0 spiro atoms. The van der Waals surface area contributed by atoms with Crippen LogP contribution in [0.5, 0.6) is 0 Å². The topological polar surface area (TPSA) is 71.5 Å². The summed E-state index contributed by atoms with van der Waals surface area (Å²) >= 11 is 3.38. The fourth-order valence-electron chi connectivity index (χ4n) is 2.80. The predicted octanol–water partition coefficient (Wildman–Crippen LogP) is 3.83. The van der Waals surface area contributed by atoms with Gasteiger partial charge in [-0.2, -0.15) is 0 Å². The zero-order valence-electron chi connectivity index (χ0n) is 13.2. The monoisotopic (exact) mass is 415 g/mol. The van der Waals surface area contributed by atoms with Crippen molar-refractivity contribution in [2.75, 3.05) is 19.6 Å². The van der Waals surface area contributed by atoms with Gasteiger partial charge in [0.15, 0.2) is 0 Å². The molecule has 0 aliphatic carbocycles. The number of nitrogens with zero attached hydrogens (tertiary/aromatic N) is 2. The smallest absolute Gasteiger partial charge is 0.270 e. The molecule has 0 amide bonds. The SMILES string of the molecule is C[C@H]1CN(Cc2ccc(-c3ccc([N+](=O)[O-])cc3Br)o2)CCN1.Cl. The third kappa shape index (κ3) is 4.36. The third-order valence-electron chi connectivity index (χ3n) is 3.92. The number of hydrogen-bond acceptors (Lipinski definition) is 5. The highest BCUT2D eigenvalue weighted by molar-refractivity contribution is 9.10. The molecule has 24 heavy (non-hydrogen) atoms. The highest BCUT2D eigenvalue weighted by Crippen LogP contribution is 2.32. The average Bonchev–Trinajstić information content (AvgIpc) is 2.95. The van der Waals surface area contributed by atoms with Gasteiger partial charge in [-0.1, -0.05) is 0 Å². The molecule has 1 N–H and O–H groups in total. The molecule has 3 rings (SSSR count).